The maximum absolute atomic E-state index is 12.9. The predicted molar refractivity (Wildman–Crippen MR) is 94.4 cm³/mol. The number of carbonyl (C=O) groups is 1. The van der Waals surface area contributed by atoms with Gasteiger partial charge < -0.3 is 9.47 Å². The lowest BCUT2D eigenvalue weighted by Gasteiger charge is -2.17. The number of amides is 1. The molecular weight excluding hydrogens is 300 g/mol. The van der Waals surface area contributed by atoms with E-state index < -0.39 is 0 Å². The van der Waals surface area contributed by atoms with Crippen LogP contribution in [0.2, 0.25) is 0 Å². The Morgan fingerprint density at radius 3 is 2.54 bits per heavy atom. The summed E-state index contributed by atoms with van der Waals surface area (Å²) in [6.07, 6.45) is 1.77. The highest BCUT2D eigenvalue weighted by molar-refractivity contribution is 5.95. The third-order valence-electron chi connectivity index (χ3n) is 4.36. The van der Waals surface area contributed by atoms with Gasteiger partial charge in [0.1, 0.15) is 0 Å². The van der Waals surface area contributed by atoms with Crippen molar-refractivity contribution >= 4 is 5.91 Å². The summed E-state index contributed by atoms with van der Waals surface area (Å²) in [6, 6.07) is 12.1. The van der Waals surface area contributed by atoms with E-state index in [-0.39, 0.29) is 5.91 Å². The Labute approximate surface area is 141 Å². The first-order valence-corrected chi connectivity index (χ1v) is 7.97. The summed E-state index contributed by atoms with van der Waals surface area (Å²) in [5.74, 6) is 0.0193. The second-order valence-electron chi connectivity index (χ2n) is 6.14. The van der Waals surface area contributed by atoms with Crippen LogP contribution in [-0.2, 0) is 6.54 Å². The lowest BCUT2D eigenvalue weighted by atomic mass is 10.2. The SMILES string of the molecule is Cc1[nH]ncc1CN(C)C(=O)c1cc(C)n(-c2ccccc2)c1C. The Balaban J connectivity index is 1.90. The van der Waals surface area contributed by atoms with Crippen molar-refractivity contribution in [1.82, 2.24) is 19.7 Å². The number of benzene rings is 1. The topological polar surface area (TPSA) is 53.9 Å². The molecule has 2 aromatic heterocycles. The number of H-pyrrole nitrogens is 1. The molecule has 0 aliphatic carbocycles. The highest BCUT2D eigenvalue weighted by Gasteiger charge is 2.20. The van der Waals surface area contributed by atoms with Crippen molar-refractivity contribution in [2.75, 3.05) is 7.05 Å². The smallest absolute Gasteiger partial charge is 0.255 e. The van der Waals surface area contributed by atoms with E-state index in [1.807, 2.05) is 64.2 Å². The number of aromatic nitrogens is 3. The normalized spacial score (nSPS) is 10.8. The first-order valence-electron chi connectivity index (χ1n) is 7.97. The fourth-order valence-electron chi connectivity index (χ4n) is 3.02. The van der Waals surface area contributed by atoms with Gasteiger partial charge in [0.25, 0.3) is 5.91 Å². The van der Waals surface area contributed by atoms with E-state index in [1.165, 1.54) is 0 Å². The van der Waals surface area contributed by atoms with E-state index in [0.29, 0.717) is 6.54 Å². The van der Waals surface area contributed by atoms with E-state index in [9.17, 15) is 4.79 Å². The Bertz CT molecular complexity index is 861. The summed E-state index contributed by atoms with van der Waals surface area (Å²) in [6.45, 7) is 6.51. The number of aryl methyl sites for hydroxylation is 2. The molecule has 0 aliphatic heterocycles. The van der Waals surface area contributed by atoms with Crippen LogP contribution in [0.1, 0.15) is 33.0 Å². The van der Waals surface area contributed by atoms with Crippen molar-refractivity contribution in [3.63, 3.8) is 0 Å². The van der Waals surface area contributed by atoms with Gasteiger partial charge in [-0.25, -0.2) is 0 Å². The maximum atomic E-state index is 12.9. The van der Waals surface area contributed by atoms with Crippen LogP contribution in [0.4, 0.5) is 0 Å². The third kappa shape index (κ3) is 2.85. The second-order valence-corrected chi connectivity index (χ2v) is 6.14. The number of aromatic amines is 1. The molecule has 1 N–H and O–H groups in total. The zero-order valence-electron chi connectivity index (χ0n) is 14.5. The average Bonchev–Trinajstić information content (AvgIpc) is 3.10. The van der Waals surface area contributed by atoms with Crippen molar-refractivity contribution in [3.05, 3.63) is 70.8 Å². The van der Waals surface area contributed by atoms with Gasteiger partial charge in [0.2, 0.25) is 0 Å². The van der Waals surface area contributed by atoms with Gasteiger partial charge in [-0.05, 0) is 39.0 Å². The fourth-order valence-corrected chi connectivity index (χ4v) is 3.02. The Morgan fingerprint density at radius 1 is 1.21 bits per heavy atom. The molecule has 5 nitrogen and oxygen atoms in total. The van der Waals surface area contributed by atoms with Gasteiger partial charge in [-0.3, -0.25) is 9.89 Å². The van der Waals surface area contributed by atoms with Crippen LogP contribution in [-0.4, -0.2) is 32.6 Å². The van der Waals surface area contributed by atoms with Crippen molar-refractivity contribution in [3.8, 4) is 5.69 Å². The lowest BCUT2D eigenvalue weighted by molar-refractivity contribution is 0.0784. The highest BCUT2D eigenvalue weighted by atomic mass is 16.2. The first-order chi connectivity index (χ1) is 11.5. The van der Waals surface area contributed by atoms with Gasteiger partial charge >= 0.3 is 0 Å². The number of nitrogens with zero attached hydrogens (tertiary/aromatic N) is 3. The van der Waals surface area contributed by atoms with Crippen LogP contribution < -0.4 is 0 Å². The number of para-hydroxylation sites is 1. The molecule has 5 heteroatoms. The second kappa shape index (κ2) is 6.35. The molecule has 24 heavy (non-hydrogen) atoms. The summed E-state index contributed by atoms with van der Waals surface area (Å²) in [7, 11) is 1.82. The minimum absolute atomic E-state index is 0.0193. The molecule has 0 atom stereocenters. The summed E-state index contributed by atoms with van der Waals surface area (Å²) < 4.78 is 2.12. The zero-order chi connectivity index (χ0) is 17.3. The minimum Gasteiger partial charge on any atom is -0.337 e. The standard InChI is InChI=1S/C19H22N4O/c1-13-10-18(15(3)23(13)17-8-6-5-7-9-17)19(24)22(4)12-16-11-20-21-14(16)2/h5-11H,12H2,1-4H3,(H,20,21). The van der Waals surface area contributed by atoms with Crippen LogP contribution in [0.3, 0.4) is 0 Å². The molecule has 0 unspecified atom stereocenters. The van der Waals surface area contributed by atoms with E-state index in [2.05, 4.69) is 14.8 Å². The number of nitrogens with one attached hydrogen (secondary N) is 1. The highest BCUT2D eigenvalue weighted by Crippen LogP contribution is 2.22. The summed E-state index contributed by atoms with van der Waals surface area (Å²) >= 11 is 0. The lowest BCUT2D eigenvalue weighted by Crippen LogP contribution is -2.26. The van der Waals surface area contributed by atoms with Crippen molar-refractivity contribution in [1.29, 1.82) is 0 Å². The number of hydrogen-bond donors (Lipinski definition) is 1. The third-order valence-corrected chi connectivity index (χ3v) is 4.36. The minimum atomic E-state index is 0.0193. The maximum Gasteiger partial charge on any atom is 0.255 e. The van der Waals surface area contributed by atoms with E-state index in [4.69, 9.17) is 0 Å². The molecule has 0 fully saturated rings. The van der Waals surface area contributed by atoms with Gasteiger partial charge in [-0.2, -0.15) is 5.10 Å². The fraction of sp³-hybridized carbons (Fsp3) is 0.263. The van der Waals surface area contributed by atoms with Gasteiger partial charge in [0, 0.05) is 41.9 Å². The quantitative estimate of drug-likeness (QED) is 0.800. The molecule has 0 aliphatic rings. The van der Waals surface area contributed by atoms with E-state index in [1.54, 1.807) is 11.1 Å². The Kier molecular flexibility index (Phi) is 4.25. The Hall–Kier alpha value is -2.82. The van der Waals surface area contributed by atoms with Crippen molar-refractivity contribution < 1.29 is 4.79 Å². The number of carbonyl (C=O) groups excluding carboxylic acids is 1. The molecule has 2 heterocycles. The van der Waals surface area contributed by atoms with Crippen LogP contribution in [0, 0.1) is 20.8 Å². The van der Waals surface area contributed by atoms with Gasteiger partial charge in [-0.15, -0.1) is 0 Å². The molecular formula is C19H22N4O. The molecule has 0 radical (unpaired) electrons. The first kappa shape index (κ1) is 16.1. The molecule has 124 valence electrons. The summed E-state index contributed by atoms with van der Waals surface area (Å²) in [4.78, 5) is 14.6. The predicted octanol–water partition coefficient (Wildman–Crippen LogP) is 3.40. The Morgan fingerprint density at radius 2 is 1.92 bits per heavy atom. The molecule has 3 aromatic rings. The van der Waals surface area contributed by atoms with Crippen LogP contribution in [0.15, 0.2) is 42.6 Å². The summed E-state index contributed by atoms with van der Waals surface area (Å²) in [5.41, 5.74) is 5.83. The number of hydrogen-bond acceptors (Lipinski definition) is 2. The van der Waals surface area contributed by atoms with Crippen molar-refractivity contribution in [2.24, 2.45) is 0 Å². The molecule has 0 bridgehead atoms. The van der Waals surface area contributed by atoms with E-state index in [0.717, 1.165) is 33.9 Å². The van der Waals surface area contributed by atoms with Crippen LogP contribution >= 0.6 is 0 Å². The van der Waals surface area contributed by atoms with Gasteiger partial charge in [0.15, 0.2) is 0 Å². The molecule has 0 spiro atoms. The van der Waals surface area contributed by atoms with Gasteiger partial charge in [-0.1, -0.05) is 18.2 Å². The monoisotopic (exact) mass is 322 g/mol. The molecule has 0 saturated carbocycles. The molecule has 1 amide bonds. The van der Waals surface area contributed by atoms with Gasteiger partial charge in [0.05, 0.1) is 11.8 Å². The average molecular weight is 322 g/mol. The largest absolute Gasteiger partial charge is 0.337 e. The van der Waals surface area contributed by atoms with E-state index >= 15 is 0 Å². The van der Waals surface area contributed by atoms with Crippen molar-refractivity contribution in [2.45, 2.75) is 27.3 Å². The van der Waals surface area contributed by atoms with Crippen LogP contribution in [0.5, 0.6) is 0 Å². The summed E-state index contributed by atoms with van der Waals surface area (Å²) in [5, 5.41) is 6.92. The molecule has 3 rings (SSSR count). The van der Waals surface area contributed by atoms with Crippen LogP contribution in [0.25, 0.3) is 5.69 Å². The molecule has 1 aromatic carbocycles. The molecule has 0 saturated heterocycles. The number of rotatable bonds is 4. The zero-order valence-corrected chi connectivity index (χ0v) is 14.5.